The van der Waals surface area contributed by atoms with Crippen molar-refractivity contribution in [2.45, 2.75) is 6.42 Å². The van der Waals surface area contributed by atoms with Crippen LogP contribution in [-0.4, -0.2) is 11.1 Å². The van der Waals surface area contributed by atoms with Crippen LogP contribution in [-0.2, 0) is 4.79 Å². The van der Waals surface area contributed by atoms with Gasteiger partial charge in [0.05, 0.1) is 5.92 Å². The highest BCUT2D eigenvalue weighted by atomic mass is 16.5. The smallest absolute Gasteiger partial charge is 0.233 e. The zero-order valence-electron chi connectivity index (χ0n) is 6.41. The lowest BCUT2D eigenvalue weighted by molar-refractivity contribution is -0.117. The van der Waals surface area contributed by atoms with E-state index in [0.717, 1.165) is 12.0 Å². The van der Waals surface area contributed by atoms with Crippen LogP contribution in [0.1, 0.15) is 6.42 Å². The molecule has 1 atom stereocenters. The number of rotatable bonds is 2. The number of amides is 1. The number of carbonyl (C=O) groups is 1. The summed E-state index contributed by atoms with van der Waals surface area (Å²) in [5.41, 5.74) is 0.982. The number of hydrogen-bond acceptors (Lipinski definition) is 3. The van der Waals surface area contributed by atoms with E-state index in [9.17, 15) is 4.79 Å². The van der Waals surface area contributed by atoms with Crippen LogP contribution in [0.5, 0.6) is 0 Å². The molecule has 1 aromatic rings. The van der Waals surface area contributed by atoms with Crippen LogP contribution in [0.3, 0.4) is 0 Å². The molecule has 0 radical (unpaired) electrons. The van der Waals surface area contributed by atoms with Gasteiger partial charge in [0.2, 0.25) is 5.91 Å². The molecule has 0 spiro atoms. The summed E-state index contributed by atoms with van der Waals surface area (Å²) in [5.74, 6) is 0.398. The van der Waals surface area contributed by atoms with Crippen LogP contribution in [0, 0.1) is 5.92 Å². The number of carbonyl (C=O) groups excluding carboxylic acids is 1. The Balaban J connectivity index is 1.96. The monoisotopic (exact) mass is 164 g/mol. The molecule has 1 unspecified atom stereocenters. The number of hydrogen-bond donors (Lipinski definition) is 1. The van der Waals surface area contributed by atoms with Gasteiger partial charge in [-0.1, -0.05) is 17.3 Å². The minimum absolute atomic E-state index is 0.0123. The van der Waals surface area contributed by atoms with E-state index >= 15 is 0 Å². The second kappa shape index (κ2) is 2.48. The quantitative estimate of drug-likeness (QED) is 0.668. The minimum Gasteiger partial charge on any atom is -0.363 e. The molecular weight excluding hydrogens is 156 g/mol. The predicted molar refractivity (Wildman–Crippen MR) is 42.4 cm³/mol. The van der Waals surface area contributed by atoms with Crippen molar-refractivity contribution < 1.29 is 9.32 Å². The van der Waals surface area contributed by atoms with Crippen molar-refractivity contribution in [3.63, 3.8) is 0 Å². The highest BCUT2D eigenvalue weighted by molar-refractivity contribution is 5.96. The molecule has 12 heavy (non-hydrogen) atoms. The van der Waals surface area contributed by atoms with Gasteiger partial charge in [0.25, 0.3) is 0 Å². The fourth-order valence-electron chi connectivity index (χ4n) is 0.972. The Labute approximate surface area is 69.2 Å². The van der Waals surface area contributed by atoms with E-state index in [1.54, 1.807) is 6.07 Å². The summed E-state index contributed by atoms with van der Waals surface area (Å²) in [6, 6.07) is 1.60. The zero-order chi connectivity index (χ0) is 8.55. The Morgan fingerprint density at radius 2 is 2.58 bits per heavy atom. The lowest BCUT2D eigenvalue weighted by atomic mass is 10.4. The van der Waals surface area contributed by atoms with Crippen molar-refractivity contribution in [3.05, 3.63) is 24.5 Å². The van der Waals surface area contributed by atoms with Gasteiger partial charge in [0.15, 0.2) is 5.82 Å². The van der Waals surface area contributed by atoms with E-state index in [0.29, 0.717) is 5.82 Å². The fourth-order valence-corrected chi connectivity index (χ4v) is 0.972. The third kappa shape index (κ3) is 1.23. The van der Waals surface area contributed by atoms with Crippen LogP contribution >= 0.6 is 0 Å². The molecule has 1 fully saturated rings. The average Bonchev–Trinajstić information content (AvgIpc) is 2.58. The maximum atomic E-state index is 11.2. The Hall–Kier alpha value is -1.58. The van der Waals surface area contributed by atoms with E-state index in [1.807, 2.05) is 0 Å². The van der Waals surface area contributed by atoms with Gasteiger partial charge in [-0.05, 0) is 6.42 Å². The first kappa shape index (κ1) is 7.09. The average molecular weight is 164 g/mol. The standard InChI is InChI=1S/C8H8N2O2/c1-5-4-6(5)8(11)9-7-2-3-12-10-7/h2-3,6H,1,4H2,(H,9,10,11). The van der Waals surface area contributed by atoms with Crippen molar-refractivity contribution in [2.24, 2.45) is 5.92 Å². The Morgan fingerprint density at radius 1 is 1.83 bits per heavy atom. The molecule has 1 aliphatic carbocycles. The summed E-state index contributed by atoms with van der Waals surface area (Å²) >= 11 is 0. The van der Waals surface area contributed by atoms with Crippen LogP contribution in [0.2, 0.25) is 0 Å². The fraction of sp³-hybridized carbons (Fsp3) is 0.250. The third-order valence-electron chi connectivity index (χ3n) is 1.80. The topological polar surface area (TPSA) is 55.1 Å². The van der Waals surface area contributed by atoms with Gasteiger partial charge in [-0.25, -0.2) is 0 Å². The molecule has 4 nitrogen and oxygen atoms in total. The zero-order valence-corrected chi connectivity index (χ0v) is 6.41. The van der Waals surface area contributed by atoms with Gasteiger partial charge in [-0.3, -0.25) is 4.79 Å². The molecule has 2 rings (SSSR count). The van der Waals surface area contributed by atoms with E-state index in [-0.39, 0.29) is 11.8 Å². The third-order valence-corrected chi connectivity index (χ3v) is 1.80. The molecule has 0 aliphatic heterocycles. The maximum absolute atomic E-state index is 11.2. The number of anilines is 1. The molecule has 0 saturated heterocycles. The molecule has 1 amide bonds. The van der Waals surface area contributed by atoms with Gasteiger partial charge >= 0.3 is 0 Å². The first-order chi connectivity index (χ1) is 5.77. The van der Waals surface area contributed by atoms with Crippen molar-refractivity contribution in [1.82, 2.24) is 5.16 Å². The maximum Gasteiger partial charge on any atom is 0.233 e. The Bertz CT molecular complexity index is 316. The molecule has 1 heterocycles. The first-order valence-electron chi connectivity index (χ1n) is 3.66. The largest absolute Gasteiger partial charge is 0.363 e. The second-order valence-electron chi connectivity index (χ2n) is 2.79. The van der Waals surface area contributed by atoms with Crippen LogP contribution in [0.4, 0.5) is 5.82 Å². The summed E-state index contributed by atoms with van der Waals surface area (Å²) in [6.45, 7) is 3.69. The molecule has 0 bridgehead atoms. The summed E-state index contributed by atoms with van der Waals surface area (Å²) < 4.78 is 4.56. The van der Waals surface area contributed by atoms with Gasteiger partial charge in [-0.15, -0.1) is 0 Å². The molecule has 1 N–H and O–H groups in total. The number of aromatic nitrogens is 1. The highest BCUT2D eigenvalue weighted by Gasteiger charge is 2.34. The molecule has 1 aromatic heterocycles. The van der Waals surface area contributed by atoms with Crippen LogP contribution < -0.4 is 5.32 Å². The minimum atomic E-state index is -0.0473. The summed E-state index contributed by atoms with van der Waals surface area (Å²) in [7, 11) is 0. The van der Waals surface area contributed by atoms with Gasteiger partial charge in [0.1, 0.15) is 6.26 Å². The highest BCUT2D eigenvalue weighted by Crippen LogP contribution is 2.36. The van der Waals surface area contributed by atoms with E-state index < -0.39 is 0 Å². The SMILES string of the molecule is C=C1CC1C(=O)Nc1ccon1. The molecular formula is C8H8N2O2. The van der Waals surface area contributed by atoms with Crippen molar-refractivity contribution in [3.8, 4) is 0 Å². The Kier molecular flexibility index (Phi) is 1.46. The summed E-state index contributed by atoms with van der Waals surface area (Å²) in [4.78, 5) is 11.2. The summed E-state index contributed by atoms with van der Waals surface area (Å²) in [6.07, 6.45) is 2.21. The summed E-state index contributed by atoms with van der Waals surface area (Å²) in [5, 5.41) is 6.16. The number of nitrogens with one attached hydrogen (secondary N) is 1. The van der Waals surface area contributed by atoms with Crippen molar-refractivity contribution >= 4 is 11.7 Å². The van der Waals surface area contributed by atoms with E-state index in [2.05, 4.69) is 21.6 Å². The second-order valence-corrected chi connectivity index (χ2v) is 2.79. The molecule has 0 aromatic carbocycles. The van der Waals surface area contributed by atoms with Crippen LogP contribution in [0.15, 0.2) is 29.0 Å². The molecule has 1 saturated carbocycles. The number of nitrogens with zero attached hydrogens (tertiary/aromatic N) is 1. The lowest BCUT2D eigenvalue weighted by Gasteiger charge is -1.95. The van der Waals surface area contributed by atoms with Crippen LogP contribution in [0.25, 0.3) is 0 Å². The normalized spacial score (nSPS) is 20.7. The van der Waals surface area contributed by atoms with Gasteiger partial charge < -0.3 is 9.84 Å². The van der Waals surface area contributed by atoms with Gasteiger partial charge in [-0.2, -0.15) is 0 Å². The lowest BCUT2D eigenvalue weighted by Crippen LogP contribution is -2.13. The van der Waals surface area contributed by atoms with E-state index in [4.69, 9.17) is 0 Å². The molecule has 4 heteroatoms. The first-order valence-corrected chi connectivity index (χ1v) is 3.66. The molecule has 1 aliphatic rings. The Morgan fingerprint density at radius 3 is 3.08 bits per heavy atom. The van der Waals surface area contributed by atoms with Gasteiger partial charge in [0, 0.05) is 6.07 Å². The predicted octanol–water partition coefficient (Wildman–Crippen LogP) is 1.19. The van der Waals surface area contributed by atoms with Crippen molar-refractivity contribution in [2.75, 3.05) is 5.32 Å². The van der Waals surface area contributed by atoms with Crippen molar-refractivity contribution in [1.29, 1.82) is 0 Å². The molecule has 62 valence electrons. The van der Waals surface area contributed by atoms with E-state index in [1.165, 1.54) is 6.26 Å².